The van der Waals surface area contributed by atoms with E-state index in [1.54, 1.807) is 4.90 Å². The number of hydrogen-bond acceptors (Lipinski definition) is 5. The number of nitrogens with zero attached hydrogens (tertiary/aromatic N) is 2. The van der Waals surface area contributed by atoms with Crippen molar-refractivity contribution in [1.29, 1.82) is 0 Å². The number of aliphatic hydroxyl groups is 1. The van der Waals surface area contributed by atoms with E-state index in [1.165, 1.54) is 6.20 Å². The molecule has 1 aliphatic rings. The predicted molar refractivity (Wildman–Crippen MR) is 84.8 cm³/mol. The molecule has 1 aromatic carbocycles. The highest BCUT2D eigenvalue weighted by atomic mass is 32.1. The third-order valence-corrected chi connectivity index (χ3v) is 5.25. The molecule has 9 heteroatoms. The molecule has 25 heavy (non-hydrogen) atoms. The number of carbonyl (C=O) groups is 1. The molecule has 1 fully saturated rings. The summed E-state index contributed by atoms with van der Waals surface area (Å²) < 4.78 is 40.6. The van der Waals surface area contributed by atoms with Gasteiger partial charge in [0.15, 0.2) is 17.4 Å². The van der Waals surface area contributed by atoms with Gasteiger partial charge >= 0.3 is 0 Å². The first-order valence-corrected chi connectivity index (χ1v) is 8.41. The van der Waals surface area contributed by atoms with Crippen molar-refractivity contribution in [1.82, 2.24) is 9.88 Å². The van der Waals surface area contributed by atoms with Gasteiger partial charge in [0, 0.05) is 13.1 Å². The van der Waals surface area contributed by atoms with Crippen LogP contribution in [0.5, 0.6) is 5.75 Å². The van der Waals surface area contributed by atoms with Gasteiger partial charge in [-0.25, -0.2) is 13.8 Å². The molecule has 1 aliphatic heterocycles. The van der Waals surface area contributed by atoms with Crippen molar-refractivity contribution in [3.63, 3.8) is 0 Å². The molecule has 0 bridgehead atoms. The summed E-state index contributed by atoms with van der Waals surface area (Å²) >= 11 is 0.822. The Bertz CT molecular complexity index is 827. The summed E-state index contributed by atoms with van der Waals surface area (Å²) in [6, 6.07) is 0.594. The lowest BCUT2D eigenvalue weighted by Gasteiger charge is -2.34. The van der Waals surface area contributed by atoms with Gasteiger partial charge in [-0.05, 0) is 18.4 Å². The van der Waals surface area contributed by atoms with Crippen LogP contribution in [0.25, 0.3) is 10.6 Å². The van der Waals surface area contributed by atoms with E-state index in [0.29, 0.717) is 25.6 Å². The molecule has 1 saturated heterocycles. The Morgan fingerprint density at radius 2 is 2.08 bits per heavy atom. The van der Waals surface area contributed by atoms with E-state index in [2.05, 4.69) is 4.98 Å². The number of likely N-dealkylation sites (tertiary alicyclic amines) is 1. The minimum absolute atomic E-state index is 0.0415. The van der Waals surface area contributed by atoms with Gasteiger partial charge < -0.3 is 15.1 Å². The van der Waals surface area contributed by atoms with Gasteiger partial charge in [-0.3, -0.25) is 4.79 Å². The summed E-state index contributed by atoms with van der Waals surface area (Å²) in [5.41, 5.74) is -0.414. The second-order valence-electron chi connectivity index (χ2n) is 6.00. The van der Waals surface area contributed by atoms with E-state index >= 15 is 0 Å². The number of halogens is 3. The smallest absolute Gasteiger partial charge is 0.265 e. The highest BCUT2D eigenvalue weighted by Gasteiger charge is 2.29. The number of carbonyl (C=O) groups excluding carboxylic acids is 1. The van der Waals surface area contributed by atoms with Crippen LogP contribution in [-0.4, -0.2) is 45.2 Å². The highest BCUT2D eigenvalue weighted by Crippen LogP contribution is 2.35. The van der Waals surface area contributed by atoms with Crippen molar-refractivity contribution < 1.29 is 28.2 Å². The number of phenolic OH excluding ortho intramolecular Hbond substituents is 1. The molecular weight excluding hydrogens is 357 g/mol. The van der Waals surface area contributed by atoms with E-state index in [0.717, 1.165) is 11.3 Å². The van der Waals surface area contributed by atoms with Crippen LogP contribution in [0.2, 0.25) is 0 Å². The van der Waals surface area contributed by atoms with Crippen molar-refractivity contribution >= 4 is 17.2 Å². The van der Waals surface area contributed by atoms with Gasteiger partial charge in [-0.15, -0.1) is 11.3 Å². The maximum absolute atomic E-state index is 14.0. The third kappa shape index (κ3) is 3.21. The fourth-order valence-corrected chi connectivity index (χ4v) is 3.61. The molecule has 1 aromatic heterocycles. The molecule has 0 aliphatic carbocycles. The minimum atomic E-state index is -1.67. The molecule has 0 radical (unpaired) electrons. The van der Waals surface area contributed by atoms with Crippen LogP contribution < -0.4 is 0 Å². The van der Waals surface area contributed by atoms with E-state index in [1.807, 2.05) is 6.92 Å². The van der Waals surface area contributed by atoms with Gasteiger partial charge in [-0.2, -0.15) is 4.39 Å². The summed E-state index contributed by atoms with van der Waals surface area (Å²) in [7, 11) is 0. The van der Waals surface area contributed by atoms with Crippen LogP contribution in [-0.2, 0) is 0 Å². The van der Waals surface area contributed by atoms with Gasteiger partial charge in [0.1, 0.15) is 9.88 Å². The molecule has 1 unspecified atom stereocenters. The minimum Gasteiger partial charge on any atom is -0.503 e. The van der Waals surface area contributed by atoms with Crippen molar-refractivity contribution in [2.45, 2.75) is 19.4 Å². The molecule has 1 amide bonds. The largest absolute Gasteiger partial charge is 0.503 e. The summed E-state index contributed by atoms with van der Waals surface area (Å²) in [4.78, 5) is 18.2. The maximum atomic E-state index is 14.0. The second kappa shape index (κ2) is 6.64. The number of amides is 1. The molecule has 2 heterocycles. The zero-order valence-electron chi connectivity index (χ0n) is 13.2. The number of aromatic nitrogens is 1. The average Bonchev–Trinajstić information content (AvgIpc) is 3.07. The van der Waals surface area contributed by atoms with Crippen LogP contribution in [0.15, 0.2) is 12.3 Å². The molecule has 134 valence electrons. The van der Waals surface area contributed by atoms with Crippen molar-refractivity contribution in [3.8, 4) is 16.3 Å². The first kappa shape index (κ1) is 17.7. The lowest BCUT2D eigenvalue weighted by Crippen LogP contribution is -2.44. The number of piperidine rings is 1. The monoisotopic (exact) mass is 372 g/mol. The SMILES string of the molecule is C[C@@H]1CN(C(=O)c2cnc(-c3cc(F)c(F)c(O)c3F)s2)CCC1O. The maximum Gasteiger partial charge on any atom is 0.265 e. The molecule has 2 N–H and O–H groups in total. The molecule has 2 atom stereocenters. The summed E-state index contributed by atoms with van der Waals surface area (Å²) in [6.07, 6.45) is 1.24. The molecule has 5 nitrogen and oxygen atoms in total. The Hall–Kier alpha value is -2.13. The van der Waals surface area contributed by atoms with Gasteiger partial charge in [0.2, 0.25) is 5.82 Å². The topological polar surface area (TPSA) is 73.7 Å². The summed E-state index contributed by atoms with van der Waals surface area (Å²) in [6.45, 7) is 2.60. The van der Waals surface area contributed by atoms with Crippen LogP contribution in [0, 0.1) is 23.4 Å². The molecule has 0 saturated carbocycles. The highest BCUT2D eigenvalue weighted by molar-refractivity contribution is 7.16. The Balaban J connectivity index is 1.87. The third-order valence-electron chi connectivity index (χ3n) is 4.23. The van der Waals surface area contributed by atoms with Crippen LogP contribution >= 0.6 is 11.3 Å². The van der Waals surface area contributed by atoms with E-state index in [4.69, 9.17) is 0 Å². The standard InChI is InChI=1S/C16H15F3N2O3S/c1-7-6-21(3-2-10(7)22)16(24)11-5-20-15(25-11)8-4-9(17)13(19)14(23)12(8)18/h4-5,7,10,22-23H,2-3,6H2,1H3/t7-,10?/m1/s1. The summed E-state index contributed by atoms with van der Waals surface area (Å²) in [5.74, 6) is -6.22. The number of phenols is 1. The lowest BCUT2D eigenvalue weighted by atomic mass is 9.97. The first-order valence-electron chi connectivity index (χ1n) is 7.59. The van der Waals surface area contributed by atoms with Crippen LogP contribution in [0.4, 0.5) is 13.2 Å². The zero-order valence-corrected chi connectivity index (χ0v) is 14.0. The van der Waals surface area contributed by atoms with E-state index in [9.17, 15) is 28.2 Å². The predicted octanol–water partition coefficient (Wildman–Crippen LogP) is 2.78. The molecule has 0 spiro atoms. The Kier molecular flexibility index (Phi) is 4.70. The molecule has 2 aromatic rings. The van der Waals surface area contributed by atoms with E-state index < -0.39 is 34.9 Å². The Labute approximate surface area is 145 Å². The van der Waals surface area contributed by atoms with Crippen LogP contribution in [0.1, 0.15) is 23.0 Å². The first-order chi connectivity index (χ1) is 11.8. The number of benzene rings is 1. The normalized spacial score (nSPS) is 20.8. The van der Waals surface area contributed by atoms with Crippen molar-refractivity contribution in [3.05, 3.63) is 34.6 Å². The quantitative estimate of drug-likeness (QED) is 0.795. The average molecular weight is 372 g/mol. The van der Waals surface area contributed by atoms with Crippen molar-refractivity contribution in [2.24, 2.45) is 5.92 Å². The number of aromatic hydroxyl groups is 1. The number of thiazole rings is 1. The van der Waals surface area contributed by atoms with Gasteiger partial charge in [0.05, 0.1) is 17.9 Å². The fourth-order valence-electron chi connectivity index (χ4n) is 2.72. The van der Waals surface area contributed by atoms with E-state index in [-0.39, 0.29) is 21.7 Å². The Morgan fingerprint density at radius 3 is 2.76 bits per heavy atom. The summed E-state index contributed by atoms with van der Waals surface area (Å²) in [5, 5.41) is 19.0. The number of hydrogen-bond donors (Lipinski definition) is 2. The molecular formula is C16H15F3N2O3S. The zero-order chi connectivity index (χ0) is 18.3. The number of aliphatic hydroxyl groups excluding tert-OH is 1. The number of rotatable bonds is 2. The fraction of sp³-hybridized carbons (Fsp3) is 0.375. The second-order valence-corrected chi connectivity index (χ2v) is 7.03. The van der Waals surface area contributed by atoms with Gasteiger partial charge in [0.25, 0.3) is 5.91 Å². The lowest BCUT2D eigenvalue weighted by molar-refractivity contribution is 0.0300. The van der Waals surface area contributed by atoms with Crippen LogP contribution in [0.3, 0.4) is 0 Å². The molecule has 3 rings (SSSR count). The van der Waals surface area contributed by atoms with Gasteiger partial charge in [-0.1, -0.05) is 6.92 Å². The Morgan fingerprint density at radius 1 is 1.36 bits per heavy atom. The van der Waals surface area contributed by atoms with Crippen molar-refractivity contribution in [2.75, 3.05) is 13.1 Å².